The molecule has 20 heavy (non-hydrogen) atoms. The molecule has 0 saturated heterocycles. The van der Waals surface area contributed by atoms with Gasteiger partial charge in [0.05, 0.1) is 12.7 Å². The summed E-state index contributed by atoms with van der Waals surface area (Å²) in [5, 5.41) is 0. The van der Waals surface area contributed by atoms with Crippen molar-refractivity contribution < 1.29 is 22.7 Å². The number of hydrogen-bond donors (Lipinski definition) is 0. The molecule has 0 fully saturated rings. The summed E-state index contributed by atoms with van der Waals surface area (Å²) in [4.78, 5) is 12.1. The van der Waals surface area contributed by atoms with E-state index in [0.717, 1.165) is 18.2 Å². The highest BCUT2D eigenvalue weighted by molar-refractivity contribution is 6.00. The number of carbonyl (C=O) groups is 1. The molecule has 0 aliphatic rings. The van der Waals surface area contributed by atoms with Gasteiger partial charge < -0.3 is 4.74 Å². The lowest BCUT2D eigenvalue weighted by Gasteiger charge is -2.09. The summed E-state index contributed by atoms with van der Waals surface area (Å²) in [5.41, 5.74) is -0.236. The molecule has 2 aromatic rings. The molecule has 2 rings (SSSR count). The van der Waals surface area contributed by atoms with Crippen LogP contribution in [0.15, 0.2) is 36.4 Å². The minimum Gasteiger partial charge on any atom is -0.496 e. The number of benzene rings is 2. The monoisotopic (exact) mass is 280 g/mol. The third-order valence-electron chi connectivity index (χ3n) is 2.84. The SMILES string of the molecule is COc1cccc(F)c1C(=O)Cc1ccc(F)cc1F. The number of carbonyl (C=O) groups excluding carboxylic acids is 1. The minimum atomic E-state index is -0.839. The summed E-state index contributed by atoms with van der Waals surface area (Å²) in [6, 6.07) is 6.86. The Labute approximate surface area is 113 Å². The molecular weight excluding hydrogens is 269 g/mol. The Hall–Kier alpha value is -2.30. The molecule has 0 heterocycles. The number of Topliss-reactive ketones (excluding diaryl/α,β-unsaturated/α-hetero) is 1. The van der Waals surface area contributed by atoms with Gasteiger partial charge >= 0.3 is 0 Å². The third-order valence-corrected chi connectivity index (χ3v) is 2.84. The van der Waals surface area contributed by atoms with Crippen LogP contribution in [0.2, 0.25) is 0 Å². The predicted octanol–water partition coefficient (Wildman–Crippen LogP) is 3.54. The fourth-order valence-corrected chi connectivity index (χ4v) is 1.87. The van der Waals surface area contributed by atoms with Crippen LogP contribution in [0.25, 0.3) is 0 Å². The quantitative estimate of drug-likeness (QED) is 0.801. The zero-order chi connectivity index (χ0) is 14.7. The summed E-state index contributed by atoms with van der Waals surface area (Å²) >= 11 is 0. The molecule has 0 radical (unpaired) electrons. The van der Waals surface area contributed by atoms with Crippen LogP contribution in [-0.2, 0) is 6.42 Å². The number of methoxy groups -OCH3 is 1. The van der Waals surface area contributed by atoms with Crippen molar-refractivity contribution in [2.45, 2.75) is 6.42 Å². The molecule has 0 aliphatic carbocycles. The summed E-state index contributed by atoms with van der Waals surface area (Å²) in [5.74, 6) is -2.87. The Balaban J connectivity index is 2.33. The lowest BCUT2D eigenvalue weighted by Crippen LogP contribution is -2.09. The predicted molar refractivity (Wildman–Crippen MR) is 67.3 cm³/mol. The molecule has 0 aliphatic heterocycles. The molecule has 0 bridgehead atoms. The van der Waals surface area contributed by atoms with Gasteiger partial charge in [0, 0.05) is 12.5 Å². The van der Waals surface area contributed by atoms with Crippen molar-refractivity contribution in [2.75, 3.05) is 7.11 Å². The van der Waals surface area contributed by atoms with Gasteiger partial charge in [0.25, 0.3) is 0 Å². The molecular formula is C15H11F3O2. The maximum Gasteiger partial charge on any atom is 0.174 e. The van der Waals surface area contributed by atoms with E-state index in [4.69, 9.17) is 4.74 Å². The molecule has 0 spiro atoms. The van der Waals surface area contributed by atoms with E-state index in [2.05, 4.69) is 0 Å². The van der Waals surface area contributed by atoms with Crippen molar-refractivity contribution in [1.82, 2.24) is 0 Å². The molecule has 0 aromatic heterocycles. The van der Waals surface area contributed by atoms with Crippen molar-refractivity contribution in [3.63, 3.8) is 0 Å². The molecule has 0 atom stereocenters. The second-order valence-corrected chi connectivity index (χ2v) is 4.15. The van der Waals surface area contributed by atoms with Gasteiger partial charge in [-0.15, -0.1) is 0 Å². The Morgan fingerprint density at radius 3 is 2.50 bits per heavy atom. The molecule has 0 amide bonds. The summed E-state index contributed by atoms with van der Waals surface area (Å²) in [7, 11) is 1.31. The Bertz CT molecular complexity index is 654. The van der Waals surface area contributed by atoms with Gasteiger partial charge in [-0.2, -0.15) is 0 Å². The number of halogens is 3. The minimum absolute atomic E-state index is 0.00158. The summed E-state index contributed by atoms with van der Waals surface area (Å²) < 4.78 is 44.9. The zero-order valence-electron chi connectivity index (χ0n) is 10.6. The first-order valence-electron chi connectivity index (χ1n) is 5.82. The van der Waals surface area contributed by atoms with Crippen LogP contribution < -0.4 is 4.74 Å². The average molecular weight is 280 g/mol. The summed E-state index contributed by atoms with van der Waals surface area (Å²) in [6.45, 7) is 0. The van der Waals surface area contributed by atoms with Gasteiger partial charge in [-0.25, -0.2) is 13.2 Å². The first-order valence-corrected chi connectivity index (χ1v) is 5.82. The van der Waals surface area contributed by atoms with E-state index in [1.54, 1.807) is 0 Å². The van der Waals surface area contributed by atoms with Crippen LogP contribution in [0, 0.1) is 17.5 Å². The third kappa shape index (κ3) is 2.82. The van der Waals surface area contributed by atoms with Gasteiger partial charge in [-0.3, -0.25) is 4.79 Å². The Morgan fingerprint density at radius 2 is 1.85 bits per heavy atom. The fourth-order valence-electron chi connectivity index (χ4n) is 1.87. The van der Waals surface area contributed by atoms with Crippen molar-refractivity contribution in [2.24, 2.45) is 0 Å². The van der Waals surface area contributed by atoms with Gasteiger partial charge in [-0.1, -0.05) is 12.1 Å². The van der Waals surface area contributed by atoms with Gasteiger partial charge in [0.15, 0.2) is 5.78 Å². The summed E-state index contributed by atoms with van der Waals surface area (Å²) in [6.07, 6.45) is -0.372. The van der Waals surface area contributed by atoms with E-state index < -0.39 is 23.2 Å². The number of ketones is 1. The van der Waals surface area contributed by atoms with E-state index in [1.807, 2.05) is 0 Å². The molecule has 0 unspecified atom stereocenters. The van der Waals surface area contributed by atoms with Crippen molar-refractivity contribution in [3.8, 4) is 5.75 Å². The Morgan fingerprint density at radius 1 is 1.10 bits per heavy atom. The second kappa shape index (κ2) is 5.77. The molecule has 0 N–H and O–H groups in total. The van der Waals surface area contributed by atoms with Crippen molar-refractivity contribution in [1.29, 1.82) is 0 Å². The number of rotatable bonds is 4. The van der Waals surface area contributed by atoms with Crippen molar-refractivity contribution >= 4 is 5.78 Å². The van der Waals surface area contributed by atoms with Crippen LogP contribution in [0.5, 0.6) is 5.75 Å². The lowest BCUT2D eigenvalue weighted by molar-refractivity contribution is 0.0984. The van der Waals surface area contributed by atoms with Crippen LogP contribution in [-0.4, -0.2) is 12.9 Å². The van der Waals surface area contributed by atoms with E-state index in [-0.39, 0.29) is 23.3 Å². The maximum absolute atomic E-state index is 13.7. The van der Waals surface area contributed by atoms with Crippen LogP contribution in [0.1, 0.15) is 15.9 Å². The number of ether oxygens (including phenoxy) is 1. The van der Waals surface area contributed by atoms with Crippen molar-refractivity contribution in [3.05, 3.63) is 65.0 Å². The normalized spacial score (nSPS) is 10.4. The second-order valence-electron chi connectivity index (χ2n) is 4.15. The van der Waals surface area contributed by atoms with E-state index in [9.17, 15) is 18.0 Å². The van der Waals surface area contributed by atoms with Gasteiger partial charge in [0.1, 0.15) is 23.2 Å². The topological polar surface area (TPSA) is 26.3 Å². The van der Waals surface area contributed by atoms with Crippen LogP contribution >= 0.6 is 0 Å². The maximum atomic E-state index is 13.7. The molecule has 104 valence electrons. The first kappa shape index (κ1) is 14.1. The van der Waals surface area contributed by atoms with Crippen LogP contribution in [0.3, 0.4) is 0 Å². The highest BCUT2D eigenvalue weighted by Crippen LogP contribution is 2.23. The fraction of sp³-hybridized carbons (Fsp3) is 0.133. The molecule has 2 aromatic carbocycles. The lowest BCUT2D eigenvalue weighted by atomic mass is 10.0. The van der Waals surface area contributed by atoms with E-state index in [1.165, 1.54) is 19.2 Å². The highest BCUT2D eigenvalue weighted by atomic mass is 19.1. The standard InChI is InChI=1S/C15H11F3O2/c1-20-14-4-2-3-11(17)15(14)13(19)7-9-5-6-10(16)8-12(9)18/h2-6,8H,7H2,1H3. The largest absolute Gasteiger partial charge is 0.496 e. The van der Waals surface area contributed by atoms with E-state index >= 15 is 0 Å². The van der Waals surface area contributed by atoms with Crippen LogP contribution in [0.4, 0.5) is 13.2 Å². The molecule has 0 saturated carbocycles. The van der Waals surface area contributed by atoms with E-state index in [0.29, 0.717) is 6.07 Å². The highest BCUT2D eigenvalue weighted by Gasteiger charge is 2.19. The zero-order valence-corrected chi connectivity index (χ0v) is 10.6. The smallest absolute Gasteiger partial charge is 0.174 e. The Kier molecular flexibility index (Phi) is 4.08. The first-order chi connectivity index (χ1) is 9.52. The average Bonchev–Trinajstić information content (AvgIpc) is 2.41. The number of hydrogen-bond acceptors (Lipinski definition) is 2. The molecule has 2 nitrogen and oxygen atoms in total. The molecule has 5 heteroatoms. The van der Waals surface area contributed by atoms with Gasteiger partial charge in [-0.05, 0) is 23.8 Å². The van der Waals surface area contributed by atoms with Gasteiger partial charge in [0.2, 0.25) is 0 Å².